The summed E-state index contributed by atoms with van der Waals surface area (Å²) >= 11 is 0. The smallest absolute Gasteiger partial charge is 0.198 e. The topological polar surface area (TPSA) is 261 Å². The Morgan fingerprint density at radius 2 is 1.12 bits per heavy atom. The lowest BCUT2D eigenvalue weighted by Crippen LogP contribution is -2.56. The molecule has 0 radical (unpaired) electrons. The highest BCUT2D eigenvalue weighted by Gasteiger charge is 2.48. The summed E-state index contributed by atoms with van der Waals surface area (Å²) in [4.78, 5) is 50.1. The molecule has 0 saturated heterocycles. The minimum atomic E-state index is -2.38. The van der Waals surface area contributed by atoms with E-state index in [1.165, 1.54) is 12.1 Å². The van der Waals surface area contributed by atoms with Gasteiger partial charge in [0.25, 0.3) is 0 Å². The summed E-state index contributed by atoms with van der Waals surface area (Å²) in [6, 6.07) is 6.70. The minimum Gasteiger partial charge on any atom is -0.387 e. The van der Waals surface area contributed by atoms with Crippen LogP contribution in [-0.4, -0.2) is 112 Å². The third-order valence-electron chi connectivity index (χ3n) is 6.60. The van der Waals surface area contributed by atoms with Crippen LogP contribution in [0.2, 0.25) is 0 Å². The van der Waals surface area contributed by atoms with E-state index in [4.69, 9.17) is 0 Å². The number of aliphatic hydroxyl groups is 6. The Bertz CT molecular complexity index is 1610. The van der Waals surface area contributed by atoms with E-state index in [0.29, 0.717) is 23.3 Å². The number of ketones is 2. The first-order chi connectivity index (χ1) is 19.1. The van der Waals surface area contributed by atoms with Crippen LogP contribution in [0.15, 0.2) is 67.5 Å². The molecule has 0 amide bonds. The molecule has 16 heteroatoms. The highest BCUT2D eigenvalue weighted by atomic mass is 16.4. The van der Waals surface area contributed by atoms with Gasteiger partial charge in [-0.15, -0.1) is 0 Å². The van der Waals surface area contributed by atoms with Crippen LogP contribution in [-0.2, 0) is 9.59 Å². The predicted molar refractivity (Wildman–Crippen MR) is 140 cm³/mol. The molecule has 0 aromatic carbocycles. The Kier molecular flexibility index (Phi) is 6.14. The third kappa shape index (κ3) is 4.30. The zero-order valence-electron chi connectivity index (χ0n) is 20.2. The van der Waals surface area contributed by atoms with E-state index in [1.807, 2.05) is 0 Å². The standard InChI is InChI=1S/C24H22N8O8/c33-15-13-14(16(34)18(36)20(38)22(40)21(39)19(37)17(15)35)24-31-12-6-4-10(29-12)27-8-2-1-7(25-8)26-9-3-5-11(28-9)30-23(13)32-24/h1-6,17-22,25-26,28,35-40H,(H,27,29,30,31,32). The number of amidine groups is 4. The Morgan fingerprint density at radius 3 is 1.77 bits per heavy atom. The van der Waals surface area contributed by atoms with Crippen molar-refractivity contribution in [2.24, 2.45) is 20.0 Å². The van der Waals surface area contributed by atoms with Crippen molar-refractivity contribution in [1.29, 1.82) is 0 Å². The van der Waals surface area contributed by atoms with Gasteiger partial charge in [0, 0.05) is 0 Å². The van der Waals surface area contributed by atoms with Gasteiger partial charge in [-0.05, 0) is 36.4 Å². The molecule has 6 atom stereocenters. The fourth-order valence-corrected chi connectivity index (χ4v) is 4.50. The van der Waals surface area contributed by atoms with Gasteiger partial charge in [0.2, 0.25) is 0 Å². The molecular weight excluding hydrogens is 528 g/mol. The molecule has 5 heterocycles. The van der Waals surface area contributed by atoms with E-state index >= 15 is 0 Å². The lowest BCUT2D eigenvalue weighted by Gasteiger charge is -2.31. The number of hydrogen-bond acceptors (Lipinski definition) is 14. The largest absolute Gasteiger partial charge is 0.387 e. The highest BCUT2D eigenvalue weighted by Crippen LogP contribution is 2.30. The quantitative estimate of drug-likeness (QED) is 0.171. The molecule has 40 heavy (non-hydrogen) atoms. The predicted octanol–water partition coefficient (Wildman–Crippen LogP) is -2.07. The first kappa shape index (κ1) is 25.7. The third-order valence-corrected chi connectivity index (χ3v) is 6.60. The number of nitrogens with one attached hydrogen (secondary N) is 4. The highest BCUT2D eigenvalue weighted by molar-refractivity contribution is 6.43. The van der Waals surface area contributed by atoms with Crippen LogP contribution in [0.5, 0.6) is 0 Å². The first-order valence-electron chi connectivity index (χ1n) is 12.0. The van der Waals surface area contributed by atoms with Gasteiger partial charge in [-0.2, -0.15) is 0 Å². The zero-order valence-corrected chi connectivity index (χ0v) is 20.2. The van der Waals surface area contributed by atoms with Gasteiger partial charge in [0.15, 0.2) is 29.1 Å². The number of Topliss-reactive ketones (excluding diaryl/α,β-unsaturated/α-hetero) is 2. The number of aliphatic hydroxyl groups excluding tert-OH is 6. The summed E-state index contributed by atoms with van der Waals surface area (Å²) in [6.07, 6.45) is -10.9. The Morgan fingerprint density at radius 1 is 0.575 bits per heavy atom. The van der Waals surface area contributed by atoms with Crippen LogP contribution in [0, 0.1) is 0 Å². The second kappa shape index (κ2) is 9.56. The normalized spacial score (nSPS) is 30.1. The van der Waals surface area contributed by atoms with Gasteiger partial charge in [-0.1, -0.05) is 0 Å². The fraction of sp³-hybridized carbons (Fsp3) is 0.250. The molecule has 0 saturated carbocycles. The summed E-state index contributed by atoms with van der Waals surface area (Å²) in [5, 5.41) is 68.6. The van der Waals surface area contributed by atoms with E-state index in [2.05, 4.69) is 40.6 Å². The van der Waals surface area contributed by atoms with Crippen molar-refractivity contribution in [3.63, 3.8) is 0 Å². The number of H-pyrrole nitrogens is 2. The first-order valence-corrected chi connectivity index (χ1v) is 12.0. The van der Waals surface area contributed by atoms with Crippen LogP contribution in [0.25, 0.3) is 0 Å². The molecule has 4 aliphatic rings. The number of hydrogen-bond donors (Lipinski definition) is 10. The number of carbonyl (C=O) groups is 2. The van der Waals surface area contributed by atoms with E-state index in [-0.39, 0.29) is 11.7 Å². The lowest BCUT2D eigenvalue weighted by molar-refractivity contribution is -0.165. The molecule has 8 bridgehead atoms. The summed E-state index contributed by atoms with van der Waals surface area (Å²) in [7, 11) is 0. The van der Waals surface area contributed by atoms with Crippen LogP contribution in [0.3, 0.4) is 0 Å². The number of aliphatic imine (C=N–C) groups is 4. The number of anilines is 3. The monoisotopic (exact) mass is 550 g/mol. The lowest BCUT2D eigenvalue weighted by atomic mass is 9.85. The number of nitrogens with zero attached hydrogens (tertiary/aromatic N) is 4. The van der Waals surface area contributed by atoms with E-state index < -0.39 is 71.0 Å². The molecule has 0 spiro atoms. The molecule has 206 valence electrons. The molecule has 2 aromatic heterocycles. The molecule has 10 N–H and O–H groups in total. The molecule has 16 nitrogen and oxygen atoms in total. The molecule has 6 unspecified atom stereocenters. The Labute approximate surface area is 223 Å². The average molecular weight is 550 g/mol. The minimum absolute atomic E-state index is 0.0388. The van der Waals surface area contributed by atoms with Gasteiger partial charge < -0.3 is 51.2 Å². The van der Waals surface area contributed by atoms with Crippen LogP contribution >= 0.6 is 0 Å². The molecule has 3 aliphatic heterocycles. The van der Waals surface area contributed by atoms with Crippen molar-refractivity contribution in [3.05, 3.63) is 47.6 Å². The summed E-state index contributed by atoms with van der Waals surface area (Å²) < 4.78 is 0. The van der Waals surface area contributed by atoms with Crippen molar-refractivity contribution in [2.75, 3.05) is 10.6 Å². The Hall–Kier alpha value is -4.58. The molecule has 6 rings (SSSR count). The zero-order chi connectivity index (χ0) is 28.3. The number of aromatic nitrogens is 2. The number of rotatable bonds is 0. The van der Waals surface area contributed by atoms with Gasteiger partial charge in [0.1, 0.15) is 65.7 Å². The average Bonchev–Trinajstić information content (AvgIpc) is 3.74. The second-order valence-electron chi connectivity index (χ2n) is 9.29. The van der Waals surface area contributed by atoms with Crippen LogP contribution in [0.4, 0.5) is 23.3 Å². The maximum atomic E-state index is 13.5. The number of fused-ring (bicyclic) bond motifs is 8. The summed E-state index contributed by atoms with van der Waals surface area (Å²) in [6.45, 7) is 0. The molecule has 2 aromatic rings. The van der Waals surface area contributed by atoms with E-state index in [9.17, 15) is 40.2 Å². The molecule has 0 fully saturated rings. The van der Waals surface area contributed by atoms with Gasteiger partial charge in [0.05, 0.1) is 11.1 Å². The van der Waals surface area contributed by atoms with Crippen LogP contribution in [0.1, 0.15) is 0 Å². The van der Waals surface area contributed by atoms with E-state index in [1.54, 1.807) is 24.3 Å². The maximum absolute atomic E-state index is 13.5. The van der Waals surface area contributed by atoms with Gasteiger partial charge in [-0.25, -0.2) is 20.0 Å². The SMILES string of the molecule is O=C1C2=C(C(=O)C(O)C(O)C(O)C(O)C(O)C1O)C1=Nc3ccc([nH]3)Nc3ccc([nH]3)NC3=NC(=NC2=N1)C=C3. The fourth-order valence-electron chi connectivity index (χ4n) is 4.50. The van der Waals surface area contributed by atoms with Crippen molar-refractivity contribution >= 4 is 58.2 Å². The second-order valence-corrected chi connectivity index (χ2v) is 9.29. The molecular formula is C24H22N8O8. The van der Waals surface area contributed by atoms with E-state index in [0.717, 1.165) is 0 Å². The Balaban J connectivity index is 1.56. The number of carbonyl (C=O) groups excluding carboxylic acids is 2. The van der Waals surface area contributed by atoms with Gasteiger partial charge >= 0.3 is 0 Å². The van der Waals surface area contributed by atoms with Crippen molar-refractivity contribution in [1.82, 2.24) is 9.97 Å². The molecule has 1 aliphatic carbocycles. The van der Waals surface area contributed by atoms with Crippen molar-refractivity contribution in [3.8, 4) is 0 Å². The van der Waals surface area contributed by atoms with Crippen molar-refractivity contribution < 1.29 is 40.2 Å². The summed E-state index contributed by atoms with van der Waals surface area (Å²) in [5.74, 6) is -1.20. The summed E-state index contributed by atoms with van der Waals surface area (Å²) in [5.41, 5.74) is -1.26. The van der Waals surface area contributed by atoms with Crippen molar-refractivity contribution in [2.45, 2.75) is 36.6 Å². The number of aromatic amines is 2. The maximum Gasteiger partial charge on any atom is 0.198 e. The van der Waals surface area contributed by atoms with Crippen LogP contribution < -0.4 is 10.6 Å². The van der Waals surface area contributed by atoms with Gasteiger partial charge in [-0.3, -0.25) is 9.59 Å².